The van der Waals surface area contributed by atoms with Crippen LogP contribution in [0, 0.1) is 0 Å². The molecular formula is C11H10BrClN2O. The zero-order valence-corrected chi connectivity index (χ0v) is 11.0. The minimum absolute atomic E-state index is 0.112. The van der Waals surface area contributed by atoms with E-state index in [1.54, 1.807) is 4.57 Å². The fourth-order valence-corrected chi connectivity index (χ4v) is 2.06. The Morgan fingerprint density at radius 2 is 2.00 bits per heavy atom. The molecule has 0 fully saturated rings. The number of nitrogens with zero attached hydrogens (tertiary/aromatic N) is 2. The van der Waals surface area contributed by atoms with Gasteiger partial charge in [-0.3, -0.25) is 0 Å². The Hall–Kier alpha value is -0.840. The summed E-state index contributed by atoms with van der Waals surface area (Å²) >= 11 is 9.31. The fraction of sp³-hybridized carbons (Fsp3) is 0.182. The molecule has 0 spiro atoms. The van der Waals surface area contributed by atoms with E-state index in [2.05, 4.69) is 20.9 Å². The van der Waals surface area contributed by atoms with Crippen molar-refractivity contribution in [3.63, 3.8) is 0 Å². The molecule has 84 valence electrons. The number of aromatic nitrogens is 2. The van der Waals surface area contributed by atoms with Crippen LogP contribution in [0.2, 0.25) is 5.15 Å². The van der Waals surface area contributed by atoms with Gasteiger partial charge in [-0.25, -0.2) is 4.98 Å². The first-order valence-corrected chi connectivity index (χ1v) is 5.88. The highest BCUT2D eigenvalue weighted by atomic mass is 79.9. The fourth-order valence-electron chi connectivity index (χ4n) is 1.53. The summed E-state index contributed by atoms with van der Waals surface area (Å²) in [6.45, 7) is -0.112. The van der Waals surface area contributed by atoms with Gasteiger partial charge in [-0.15, -0.1) is 0 Å². The van der Waals surface area contributed by atoms with E-state index in [1.807, 2.05) is 31.3 Å². The van der Waals surface area contributed by atoms with E-state index in [0.29, 0.717) is 10.8 Å². The Morgan fingerprint density at radius 3 is 2.50 bits per heavy atom. The molecule has 1 aromatic carbocycles. The molecule has 0 saturated heterocycles. The van der Waals surface area contributed by atoms with E-state index in [1.165, 1.54) is 0 Å². The van der Waals surface area contributed by atoms with Crippen molar-refractivity contribution >= 4 is 27.5 Å². The number of imidazole rings is 1. The van der Waals surface area contributed by atoms with Crippen molar-refractivity contribution in [2.75, 3.05) is 0 Å². The summed E-state index contributed by atoms with van der Waals surface area (Å²) in [6.07, 6.45) is 0. The third-order valence-electron chi connectivity index (χ3n) is 2.42. The van der Waals surface area contributed by atoms with Crippen LogP contribution in [0.4, 0.5) is 0 Å². The Bertz CT molecular complexity index is 507. The summed E-state index contributed by atoms with van der Waals surface area (Å²) in [7, 11) is 1.84. The Balaban J connectivity index is 2.52. The third kappa shape index (κ3) is 2.00. The summed E-state index contributed by atoms with van der Waals surface area (Å²) in [6, 6.07) is 7.78. The summed E-state index contributed by atoms with van der Waals surface area (Å²) in [4.78, 5) is 4.23. The van der Waals surface area contributed by atoms with Crippen LogP contribution in [0.3, 0.4) is 0 Å². The molecule has 1 heterocycles. The Morgan fingerprint density at radius 1 is 1.38 bits per heavy atom. The van der Waals surface area contributed by atoms with Gasteiger partial charge < -0.3 is 9.67 Å². The van der Waals surface area contributed by atoms with Gasteiger partial charge in [0.2, 0.25) is 0 Å². The van der Waals surface area contributed by atoms with Gasteiger partial charge in [-0.2, -0.15) is 0 Å². The number of aliphatic hydroxyl groups excluding tert-OH is 1. The van der Waals surface area contributed by atoms with Crippen molar-refractivity contribution in [2.45, 2.75) is 6.61 Å². The zero-order valence-electron chi connectivity index (χ0n) is 8.61. The number of hydrogen-bond donors (Lipinski definition) is 1. The van der Waals surface area contributed by atoms with Crippen molar-refractivity contribution < 1.29 is 5.11 Å². The normalized spacial score (nSPS) is 10.8. The van der Waals surface area contributed by atoms with Crippen LogP contribution in [0.15, 0.2) is 28.7 Å². The first kappa shape index (κ1) is 11.6. The van der Waals surface area contributed by atoms with Gasteiger partial charge in [-0.05, 0) is 12.1 Å². The number of benzene rings is 1. The van der Waals surface area contributed by atoms with Crippen LogP contribution in [-0.2, 0) is 13.7 Å². The van der Waals surface area contributed by atoms with Crippen LogP contribution < -0.4 is 0 Å². The summed E-state index contributed by atoms with van der Waals surface area (Å²) < 4.78 is 2.81. The molecule has 1 aromatic heterocycles. The molecule has 5 heteroatoms. The average Bonchev–Trinajstić information content (AvgIpc) is 2.55. The van der Waals surface area contributed by atoms with Crippen LogP contribution in [0.1, 0.15) is 5.69 Å². The molecule has 0 aliphatic heterocycles. The lowest BCUT2D eigenvalue weighted by Crippen LogP contribution is -1.98. The van der Waals surface area contributed by atoms with Gasteiger partial charge >= 0.3 is 0 Å². The Labute approximate surface area is 107 Å². The van der Waals surface area contributed by atoms with E-state index in [4.69, 9.17) is 16.7 Å². The van der Waals surface area contributed by atoms with Crippen molar-refractivity contribution in [3.05, 3.63) is 39.6 Å². The molecule has 0 unspecified atom stereocenters. The second kappa shape index (κ2) is 4.57. The van der Waals surface area contributed by atoms with Crippen LogP contribution >= 0.6 is 27.5 Å². The number of aliphatic hydroxyl groups is 1. The van der Waals surface area contributed by atoms with E-state index in [-0.39, 0.29) is 6.61 Å². The monoisotopic (exact) mass is 300 g/mol. The van der Waals surface area contributed by atoms with E-state index < -0.39 is 0 Å². The SMILES string of the molecule is Cn1c(-c2ccc(Br)cc2)nc(Cl)c1CO. The maximum Gasteiger partial charge on any atom is 0.153 e. The predicted octanol–water partition coefficient (Wildman–Crippen LogP) is 3.00. The zero-order chi connectivity index (χ0) is 11.7. The highest BCUT2D eigenvalue weighted by Gasteiger charge is 2.13. The molecule has 0 aliphatic carbocycles. The second-order valence-corrected chi connectivity index (χ2v) is 4.67. The average molecular weight is 302 g/mol. The van der Waals surface area contributed by atoms with Gasteiger partial charge in [-0.1, -0.05) is 39.7 Å². The van der Waals surface area contributed by atoms with Crippen LogP contribution in [0.5, 0.6) is 0 Å². The lowest BCUT2D eigenvalue weighted by molar-refractivity contribution is 0.273. The smallest absolute Gasteiger partial charge is 0.153 e. The number of halogens is 2. The Kier molecular flexibility index (Phi) is 3.33. The summed E-state index contributed by atoms with van der Waals surface area (Å²) in [5.74, 6) is 0.751. The highest BCUT2D eigenvalue weighted by Crippen LogP contribution is 2.25. The van der Waals surface area contributed by atoms with Crippen molar-refractivity contribution in [1.29, 1.82) is 0 Å². The maximum atomic E-state index is 9.15. The van der Waals surface area contributed by atoms with Crippen LogP contribution in [-0.4, -0.2) is 14.7 Å². The lowest BCUT2D eigenvalue weighted by Gasteiger charge is -2.03. The van der Waals surface area contributed by atoms with E-state index >= 15 is 0 Å². The predicted molar refractivity (Wildman–Crippen MR) is 67.3 cm³/mol. The van der Waals surface area contributed by atoms with E-state index in [9.17, 15) is 0 Å². The van der Waals surface area contributed by atoms with Gasteiger partial charge in [0.1, 0.15) is 5.82 Å². The quantitative estimate of drug-likeness (QED) is 0.926. The highest BCUT2D eigenvalue weighted by molar-refractivity contribution is 9.10. The first-order chi connectivity index (χ1) is 7.63. The van der Waals surface area contributed by atoms with Gasteiger partial charge in [0, 0.05) is 17.1 Å². The third-order valence-corrected chi connectivity index (χ3v) is 3.25. The minimum atomic E-state index is -0.112. The maximum absolute atomic E-state index is 9.15. The molecule has 16 heavy (non-hydrogen) atoms. The molecule has 0 aliphatic rings. The molecule has 0 bridgehead atoms. The topological polar surface area (TPSA) is 38.0 Å². The number of rotatable bonds is 2. The molecule has 1 N–H and O–H groups in total. The van der Waals surface area contributed by atoms with E-state index in [0.717, 1.165) is 15.9 Å². The molecule has 0 amide bonds. The molecule has 3 nitrogen and oxygen atoms in total. The van der Waals surface area contributed by atoms with Crippen molar-refractivity contribution in [2.24, 2.45) is 7.05 Å². The minimum Gasteiger partial charge on any atom is -0.390 e. The molecule has 2 aromatic rings. The molecule has 0 saturated carbocycles. The van der Waals surface area contributed by atoms with Crippen molar-refractivity contribution in [1.82, 2.24) is 9.55 Å². The summed E-state index contributed by atoms with van der Waals surface area (Å²) in [5.41, 5.74) is 1.59. The van der Waals surface area contributed by atoms with Crippen molar-refractivity contribution in [3.8, 4) is 11.4 Å². The van der Waals surface area contributed by atoms with Gasteiger partial charge in [0.15, 0.2) is 5.15 Å². The largest absolute Gasteiger partial charge is 0.390 e. The standard InChI is InChI=1S/C11H10BrClN2O/c1-15-9(6-16)10(13)14-11(15)7-2-4-8(12)5-3-7/h2-5,16H,6H2,1H3. The molecule has 0 radical (unpaired) electrons. The molecular weight excluding hydrogens is 291 g/mol. The molecule has 0 atom stereocenters. The molecule has 2 rings (SSSR count). The van der Waals surface area contributed by atoms with Crippen LogP contribution in [0.25, 0.3) is 11.4 Å². The van der Waals surface area contributed by atoms with Gasteiger partial charge in [0.05, 0.1) is 12.3 Å². The first-order valence-electron chi connectivity index (χ1n) is 4.71. The number of hydrogen-bond acceptors (Lipinski definition) is 2. The lowest BCUT2D eigenvalue weighted by atomic mass is 10.2. The second-order valence-electron chi connectivity index (χ2n) is 3.40. The summed E-state index contributed by atoms with van der Waals surface area (Å²) in [5, 5.41) is 9.50. The van der Waals surface area contributed by atoms with Gasteiger partial charge in [0.25, 0.3) is 0 Å².